The van der Waals surface area contributed by atoms with E-state index in [0.717, 1.165) is 5.56 Å². The molecule has 162 valence electrons. The first-order valence-corrected chi connectivity index (χ1v) is 9.56. The molecular weight excluding hydrogens is 457 g/mol. The van der Waals surface area contributed by atoms with E-state index in [-0.39, 0.29) is 23.8 Å². The quantitative estimate of drug-likeness (QED) is 0.463. The average Bonchev–Trinajstić information content (AvgIpc) is 2.71. The van der Waals surface area contributed by atoms with Crippen molar-refractivity contribution >= 4 is 47.4 Å². The number of amides is 1. The lowest BCUT2D eigenvalue weighted by Gasteiger charge is -2.37. The van der Waals surface area contributed by atoms with Crippen molar-refractivity contribution < 1.29 is 19.2 Å². The third kappa shape index (κ3) is 6.20. The van der Waals surface area contributed by atoms with E-state index in [2.05, 4.69) is 4.90 Å². The summed E-state index contributed by atoms with van der Waals surface area (Å²) in [5.41, 5.74) is 0.933. The van der Waals surface area contributed by atoms with Gasteiger partial charge in [0.05, 0.1) is 21.6 Å². The van der Waals surface area contributed by atoms with E-state index < -0.39 is 17.2 Å². The van der Waals surface area contributed by atoms with E-state index in [1.807, 2.05) is 12.1 Å². The highest BCUT2D eigenvalue weighted by molar-refractivity contribution is 6.42. The molecule has 0 spiro atoms. The van der Waals surface area contributed by atoms with Crippen molar-refractivity contribution in [1.82, 2.24) is 9.80 Å². The van der Waals surface area contributed by atoms with Crippen LogP contribution < -0.4 is 4.74 Å². The van der Waals surface area contributed by atoms with Crippen molar-refractivity contribution in [2.24, 2.45) is 0 Å². The fraction of sp³-hybridized carbons (Fsp3) is 0.316. The number of rotatable bonds is 5. The van der Waals surface area contributed by atoms with Crippen molar-refractivity contribution in [2.45, 2.75) is 12.8 Å². The minimum atomic E-state index is -0.611. The van der Waals surface area contributed by atoms with E-state index in [4.69, 9.17) is 32.7 Å². The lowest BCUT2D eigenvalue weighted by molar-refractivity contribution is -0.384. The molecule has 2 aromatic rings. The predicted molar refractivity (Wildman–Crippen MR) is 116 cm³/mol. The topological polar surface area (TPSA) is 85.2 Å². The second-order valence-corrected chi connectivity index (χ2v) is 7.35. The normalized spacial score (nSPS) is 16.4. The Labute approximate surface area is 189 Å². The van der Waals surface area contributed by atoms with E-state index in [1.54, 1.807) is 13.1 Å². The monoisotopic (exact) mass is 475 g/mol. The molecule has 0 radical (unpaired) electrons. The zero-order valence-corrected chi connectivity index (χ0v) is 18.3. The van der Waals surface area contributed by atoms with Gasteiger partial charge in [-0.1, -0.05) is 29.3 Å². The molecule has 1 aliphatic rings. The van der Waals surface area contributed by atoms with E-state index >= 15 is 0 Å². The zero-order valence-electron chi connectivity index (χ0n) is 16.0. The molecule has 1 amide bonds. The number of morpholine rings is 1. The number of hydrogen-bond donors (Lipinski definition) is 0. The zero-order chi connectivity index (χ0) is 21.0. The van der Waals surface area contributed by atoms with Crippen LogP contribution in [0.2, 0.25) is 10.0 Å². The van der Waals surface area contributed by atoms with Gasteiger partial charge in [-0.05, 0) is 29.8 Å². The summed E-state index contributed by atoms with van der Waals surface area (Å²) in [5.74, 6) is 0.218. The predicted octanol–water partition coefficient (Wildman–Crippen LogP) is 4.61. The number of nitro benzene ring substituents is 1. The maximum Gasteiger partial charge on any atom is 0.417 e. The number of nitro groups is 1. The molecule has 1 fully saturated rings. The molecule has 0 N–H and O–H groups in total. The molecule has 30 heavy (non-hydrogen) atoms. The van der Waals surface area contributed by atoms with Crippen LogP contribution in [0.4, 0.5) is 10.5 Å². The molecule has 0 aliphatic carbocycles. The Bertz CT molecular complexity index is 897. The number of carbonyl (C=O) groups excluding carboxylic acids is 1. The fourth-order valence-electron chi connectivity index (χ4n) is 2.88. The largest absolute Gasteiger partial charge is 0.417 e. The van der Waals surface area contributed by atoms with Crippen LogP contribution in [0, 0.1) is 10.1 Å². The van der Waals surface area contributed by atoms with Crippen LogP contribution in [-0.2, 0) is 11.3 Å². The molecule has 0 bridgehead atoms. The molecule has 1 atom stereocenters. The van der Waals surface area contributed by atoms with Crippen LogP contribution in [0.3, 0.4) is 0 Å². The Kier molecular flexibility index (Phi) is 8.69. The molecule has 0 unspecified atom stereocenters. The van der Waals surface area contributed by atoms with Gasteiger partial charge in [0, 0.05) is 38.8 Å². The van der Waals surface area contributed by atoms with E-state index in [1.165, 1.54) is 29.2 Å². The summed E-state index contributed by atoms with van der Waals surface area (Å²) in [6, 6.07) is 10.8. The van der Waals surface area contributed by atoms with Crippen LogP contribution in [0.5, 0.6) is 5.75 Å². The van der Waals surface area contributed by atoms with Gasteiger partial charge >= 0.3 is 6.09 Å². The standard InChI is InChI=1S/C19H19Cl2N3O5.ClH/c1-22(19(25)29-15-5-3-14(4-6-15)24(26)27)18-12-23(8-9-28-18)11-13-2-7-16(20)17(21)10-13;/h2-7,10,18H,8-9,11-12H2,1H3;1H/t18-;/m0./s1. The Morgan fingerprint density at radius 3 is 2.60 bits per heavy atom. The number of halogens is 3. The van der Waals surface area contributed by atoms with Gasteiger partial charge in [-0.15, -0.1) is 12.4 Å². The number of non-ortho nitro benzene ring substituents is 1. The van der Waals surface area contributed by atoms with Gasteiger partial charge in [-0.25, -0.2) is 4.79 Å². The summed E-state index contributed by atoms with van der Waals surface area (Å²) in [7, 11) is 1.58. The van der Waals surface area contributed by atoms with Crippen molar-refractivity contribution in [1.29, 1.82) is 0 Å². The Morgan fingerprint density at radius 2 is 1.97 bits per heavy atom. The van der Waals surface area contributed by atoms with Crippen LogP contribution in [0.25, 0.3) is 0 Å². The van der Waals surface area contributed by atoms with Gasteiger partial charge in [0.2, 0.25) is 0 Å². The third-order valence-electron chi connectivity index (χ3n) is 4.49. The molecule has 1 aliphatic heterocycles. The number of likely N-dealkylation sites (N-methyl/N-ethyl adjacent to an activating group) is 1. The lowest BCUT2D eigenvalue weighted by Crippen LogP contribution is -2.51. The van der Waals surface area contributed by atoms with Gasteiger partial charge < -0.3 is 9.47 Å². The highest BCUT2D eigenvalue weighted by atomic mass is 35.5. The fourth-order valence-corrected chi connectivity index (χ4v) is 3.20. The van der Waals surface area contributed by atoms with Crippen molar-refractivity contribution in [2.75, 3.05) is 26.7 Å². The summed E-state index contributed by atoms with van der Waals surface area (Å²) in [5, 5.41) is 11.7. The molecule has 0 aromatic heterocycles. The van der Waals surface area contributed by atoms with Crippen LogP contribution >= 0.6 is 35.6 Å². The summed E-state index contributed by atoms with van der Waals surface area (Å²) >= 11 is 12.0. The highest BCUT2D eigenvalue weighted by Crippen LogP contribution is 2.24. The molecule has 2 aromatic carbocycles. The molecule has 3 rings (SSSR count). The summed E-state index contributed by atoms with van der Waals surface area (Å²) in [6.45, 7) is 2.30. The molecular formula is C19H20Cl3N3O5. The maximum absolute atomic E-state index is 12.4. The van der Waals surface area contributed by atoms with Crippen molar-refractivity contribution in [3.63, 3.8) is 0 Å². The summed E-state index contributed by atoms with van der Waals surface area (Å²) in [6.07, 6.45) is -1.10. The molecule has 8 nitrogen and oxygen atoms in total. The minimum Gasteiger partial charge on any atom is -0.410 e. The smallest absolute Gasteiger partial charge is 0.410 e. The van der Waals surface area contributed by atoms with Crippen LogP contribution in [-0.4, -0.2) is 53.8 Å². The average molecular weight is 477 g/mol. The summed E-state index contributed by atoms with van der Waals surface area (Å²) in [4.78, 5) is 26.1. The SMILES string of the molecule is CN(C(=O)Oc1ccc([N+](=O)[O-])cc1)[C@@H]1CN(Cc2ccc(Cl)c(Cl)c2)CCO1.Cl. The number of nitrogens with zero attached hydrogens (tertiary/aromatic N) is 3. The lowest BCUT2D eigenvalue weighted by atomic mass is 10.2. The maximum atomic E-state index is 12.4. The number of carbonyl (C=O) groups is 1. The second kappa shape index (κ2) is 10.8. The van der Waals surface area contributed by atoms with E-state index in [0.29, 0.717) is 36.3 Å². The van der Waals surface area contributed by atoms with Gasteiger partial charge in [-0.2, -0.15) is 0 Å². The van der Waals surface area contributed by atoms with Crippen molar-refractivity contribution in [3.05, 3.63) is 68.2 Å². The van der Waals surface area contributed by atoms with Gasteiger partial charge in [0.1, 0.15) is 12.0 Å². The molecule has 11 heteroatoms. The number of benzene rings is 2. The van der Waals surface area contributed by atoms with Crippen LogP contribution in [0.15, 0.2) is 42.5 Å². The van der Waals surface area contributed by atoms with Crippen LogP contribution in [0.1, 0.15) is 5.56 Å². The number of ether oxygens (including phenoxy) is 2. The molecule has 1 saturated heterocycles. The first kappa shape index (κ1) is 24.2. The minimum absolute atomic E-state index is 0. The Hall–Kier alpha value is -2.10. The highest BCUT2D eigenvalue weighted by Gasteiger charge is 2.28. The Morgan fingerprint density at radius 1 is 1.27 bits per heavy atom. The first-order valence-electron chi connectivity index (χ1n) is 8.80. The van der Waals surface area contributed by atoms with E-state index in [9.17, 15) is 14.9 Å². The Balaban J connectivity index is 0.00000320. The van der Waals surface area contributed by atoms with Gasteiger partial charge in [0.25, 0.3) is 5.69 Å². The van der Waals surface area contributed by atoms with Crippen molar-refractivity contribution in [3.8, 4) is 5.75 Å². The third-order valence-corrected chi connectivity index (χ3v) is 5.23. The number of hydrogen-bond acceptors (Lipinski definition) is 6. The summed E-state index contributed by atoms with van der Waals surface area (Å²) < 4.78 is 11.0. The molecule has 0 saturated carbocycles. The van der Waals surface area contributed by atoms with Gasteiger partial charge in [-0.3, -0.25) is 19.9 Å². The van der Waals surface area contributed by atoms with Gasteiger partial charge in [0.15, 0.2) is 0 Å². The first-order chi connectivity index (χ1) is 13.8. The molecule has 1 heterocycles. The second-order valence-electron chi connectivity index (χ2n) is 6.54.